The quantitative estimate of drug-likeness (QED) is 0.670. The van der Waals surface area contributed by atoms with E-state index in [4.69, 9.17) is 0 Å². The molecular formula is C12H18O5. The summed E-state index contributed by atoms with van der Waals surface area (Å²) in [5.74, 6) is -4.13. The Morgan fingerprint density at radius 2 is 1.71 bits per heavy atom. The summed E-state index contributed by atoms with van der Waals surface area (Å²) in [6.07, 6.45) is 1.22. The van der Waals surface area contributed by atoms with Crippen LogP contribution < -0.4 is 0 Å². The molecule has 0 aromatic heterocycles. The van der Waals surface area contributed by atoms with Gasteiger partial charge in [0.05, 0.1) is 0 Å². The van der Waals surface area contributed by atoms with E-state index in [2.05, 4.69) is 0 Å². The number of hydrogen-bond acceptors (Lipinski definition) is 3. The second-order valence-corrected chi connectivity index (χ2v) is 6.09. The molecule has 96 valence electrons. The predicted molar refractivity (Wildman–Crippen MR) is 58.3 cm³/mol. The fourth-order valence-corrected chi connectivity index (χ4v) is 4.16. The van der Waals surface area contributed by atoms with Crippen LogP contribution in [0.25, 0.3) is 0 Å². The first-order chi connectivity index (χ1) is 7.60. The lowest BCUT2D eigenvalue weighted by molar-refractivity contribution is -0.192. The molecule has 17 heavy (non-hydrogen) atoms. The molecule has 2 rings (SSSR count). The number of aliphatic hydroxyl groups is 1. The zero-order valence-electron chi connectivity index (χ0n) is 10.2. The smallest absolute Gasteiger partial charge is 0.337 e. The number of hydrogen-bond donors (Lipinski definition) is 3. The van der Waals surface area contributed by atoms with E-state index in [1.165, 1.54) is 0 Å². The van der Waals surface area contributed by atoms with Crippen LogP contribution in [0.2, 0.25) is 0 Å². The van der Waals surface area contributed by atoms with Crippen LogP contribution >= 0.6 is 0 Å². The van der Waals surface area contributed by atoms with E-state index < -0.39 is 34.3 Å². The average Bonchev–Trinajstić information content (AvgIpc) is 2.48. The second-order valence-electron chi connectivity index (χ2n) is 6.09. The van der Waals surface area contributed by atoms with E-state index in [1.54, 1.807) is 6.92 Å². The Hall–Kier alpha value is -1.10. The van der Waals surface area contributed by atoms with Crippen LogP contribution in [0.4, 0.5) is 0 Å². The third-order valence-corrected chi connectivity index (χ3v) is 5.59. The lowest BCUT2D eigenvalue weighted by atomic mass is 9.63. The molecule has 0 saturated heterocycles. The molecule has 4 atom stereocenters. The van der Waals surface area contributed by atoms with Crippen molar-refractivity contribution in [2.24, 2.45) is 22.7 Å². The molecule has 2 aliphatic carbocycles. The van der Waals surface area contributed by atoms with Crippen LogP contribution in [-0.4, -0.2) is 32.9 Å². The van der Waals surface area contributed by atoms with Gasteiger partial charge in [0.2, 0.25) is 0 Å². The van der Waals surface area contributed by atoms with Gasteiger partial charge in [0, 0.05) is 5.41 Å². The Morgan fingerprint density at radius 3 is 2.06 bits per heavy atom. The topological polar surface area (TPSA) is 94.8 Å². The molecule has 0 radical (unpaired) electrons. The molecule has 0 aliphatic heterocycles. The minimum absolute atomic E-state index is 0.286. The number of carboxylic acid groups (broad SMARTS) is 2. The molecule has 2 bridgehead atoms. The highest BCUT2D eigenvalue weighted by Crippen LogP contribution is 2.71. The van der Waals surface area contributed by atoms with Gasteiger partial charge in [-0.1, -0.05) is 20.8 Å². The first-order valence-corrected chi connectivity index (χ1v) is 5.79. The minimum Gasteiger partial charge on any atom is -0.481 e. The number of aliphatic carboxylic acids is 2. The molecule has 4 unspecified atom stereocenters. The van der Waals surface area contributed by atoms with Crippen LogP contribution in [0.5, 0.6) is 0 Å². The molecule has 0 heterocycles. The van der Waals surface area contributed by atoms with Gasteiger partial charge in [0.25, 0.3) is 0 Å². The largest absolute Gasteiger partial charge is 0.481 e. The van der Waals surface area contributed by atoms with Crippen LogP contribution in [0, 0.1) is 22.7 Å². The van der Waals surface area contributed by atoms with Gasteiger partial charge in [-0.15, -0.1) is 0 Å². The number of rotatable bonds is 2. The maximum Gasteiger partial charge on any atom is 0.337 e. The maximum absolute atomic E-state index is 11.4. The summed E-state index contributed by atoms with van der Waals surface area (Å²) in [6.45, 7) is 5.42. The van der Waals surface area contributed by atoms with Crippen molar-refractivity contribution in [3.05, 3.63) is 0 Å². The highest BCUT2D eigenvalue weighted by Gasteiger charge is 2.78. The fourth-order valence-electron chi connectivity index (χ4n) is 4.16. The van der Waals surface area contributed by atoms with E-state index in [1.807, 2.05) is 13.8 Å². The third-order valence-electron chi connectivity index (χ3n) is 5.59. The van der Waals surface area contributed by atoms with Crippen molar-refractivity contribution in [1.29, 1.82) is 0 Å². The summed E-state index contributed by atoms with van der Waals surface area (Å²) < 4.78 is 0. The lowest BCUT2D eigenvalue weighted by Gasteiger charge is -2.43. The molecule has 0 amide bonds. The predicted octanol–water partition coefficient (Wildman–Crippen LogP) is 0.959. The van der Waals surface area contributed by atoms with Gasteiger partial charge in [0.1, 0.15) is 5.92 Å². The number of carbonyl (C=O) groups is 2. The molecular weight excluding hydrogens is 224 g/mol. The Bertz CT molecular complexity index is 402. The molecule has 2 aliphatic rings. The van der Waals surface area contributed by atoms with Crippen molar-refractivity contribution in [3.8, 4) is 0 Å². The second kappa shape index (κ2) is 3.02. The fraction of sp³-hybridized carbons (Fsp3) is 0.833. The normalized spacial score (nSPS) is 47.1. The average molecular weight is 242 g/mol. The molecule has 5 heteroatoms. The van der Waals surface area contributed by atoms with Crippen LogP contribution in [0.15, 0.2) is 0 Å². The minimum atomic E-state index is -2.16. The Morgan fingerprint density at radius 1 is 1.18 bits per heavy atom. The molecule has 5 nitrogen and oxygen atoms in total. The van der Waals surface area contributed by atoms with E-state index in [-0.39, 0.29) is 5.92 Å². The number of carboxylic acids is 2. The molecule has 0 spiro atoms. The zero-order valence-corrected chi connectivity index (χ0v) is 10.2. The van der Waals surface area contributed by atoms with Crippen LogP contribution in [-0.2, 0) is 9.59 Å². The van der Waals surface area contributed by atoms with Gasteiger partial charge in [-0.05, 0) is 24.2 Å². The summed E-state index contributed by atoms with van der Waals surface area (Å²) >= 11 is 0. The summed E-state index contributed by atoms with van der Waals surface area (Å²) in [5.41, 5.74) is -3.53. The molecule has 0 aromatic rings. The van der Waals surface area contributed by atoms with Crippen LogP contribution in [0.3, 0.4) is 0 Å². The van der Waals surface area contributed by atoms with E-state index in [0.717, 1.165) is 0 Å². The monoisotopic (exact) mass is 242 g/mol. The molecule has 0 aromatic carbocycles. The van der Waals surface area contributed by atoms with Crippen molar-refractivity contribution in [2.75, 3.05) is 0 Å². The third kappa shape index (κ3) is 1.04. The SMILES string of the molecule is CC1(C)C2CCC1(C)C(O)(C(=O)O)C2C(=O)O. The van der Waals surface area contributed by atoms with Crippen LogP contribution in [0.1, 0.15) is 33.6 Å². The standard InChI is InChI=1S/C12H18O5/c1-10(2)6-4-5-11(10,3)12(17,9(15)16)7(6)8(13)14/h6-7,17H,4-5H2,1-3H3,(H,13,14)(H,15,16). The van der Waals surface area contributed by atoms with Crippen molar-refractivity contribution in [1.82, 2.24) is 0 Å². The van der Waals surface area contributed by atoms with Gasteiger partial charge in [0.15, 0.2) is 5.60 Å². The maximum atomic E-state index is 11.4. The van der Waals surface area contributed by atoms with E-state index in [9.17, 15) is 24.9 Å². The number of fused-ring (bicyclic) bond motifs is 2. The van der Waals surface area contributed by atoms with Crippen molar-refractivity contribution >= 4 is 11.9 Å². The molecule has 2 saturated carbocycles. The summed E-state index contributed by atoms with van der Waals surface area (Å²) in [5, 5.41) is 29.0. The van der Waals surface area contributed by atoms with E-state index in [0.29, 0.717) is 12.8 Å². The zero-order chi connectivity index (χ0) is 13.2. The Balaban J connectivity index is 2.65. The highest BCUT2D eigenvalue weighted by molar-refractivity contribution is 5.88. The summed E-state index contributed by atoms with van der Waals surface area (Å²) in [4.78, 5) is 22.7. The van der Waals surface area contributed by atoms with Crippen molar-refractivity contribution in [3.63, 3.8) is 0 Å². The Kier molecular flexibility index (Phi) is 2.19. The van der Waals surface area contributed by atoms with Gasteiger partial charge in [-0.25, -0.2) is 4.79 Å². The van der Waals surface area contributed by atoms with Gasteiger partial charge in [-0.3, -0.25) is 4.79 Å². The summed E-state index contributed by atoms with van der Waals surface area (Å²) in [6, 6.07) is 0. The van der Waals surface area contributed by atoms with E-state index >= 15 is 0 Å². The van der Waals surface area contributed by atoms with Crippen molar-refractivity contribution < 1.29 is 24.9 Å². The lowest BCUT2D eigenvalue weighted by Crippen LogP contribution is -2.58. The summed E-state index contributed by atoms with van der Waals surface area (Å²) in [7, 11) is 0. The van der Waals surface area contributed by atoms with Gasteiger partial charge >= 0.3 is 11.9 Å². The van der Waals surface area contributed by atoms with Gasteiger partial charge in [-0.2, -0.15) is 0 Å². The Labute approximate surface area is 99.4 Å². The molecule has 3 N–H and O–H groups in total. The highest BCUT2D eigenvalue weighted by atomic mass is 16.4. The molecule has 2 fully saturated rings. The first kappa shape index (κ1) is 12.4. The van der Waals surface area contributed by atoms with Gasteiger partial charge < -0.3 is 15.3 Å². The van der Waals surface area contributed by atoms with Crippen molar-refractivity contribution in [2.45, 2.75) is 39.2 Å². The first-order valence-electron chi connectivity index (χ1n) is 5.79.